The van der Waals surface area contributed by atoms with Gasteiger partial charge < -0.3 is 10.2 Å². The summed E-state index contributed by atoms with van der Waals surface area (Å²) in [7, 11) is 0. The molecule has 0 aromatic carbocycles. The molecule has 0 aliphatic carbocycles. The number of amides is 1. The Kier molecular flexibility index (Phi) is 6.02. The molecule has 1 N–H and O–H groups in total. The van der Waals surface area contributed by atoms with Crippen molar-refractivity contribution in [1.82, 2.24) is 10.2 Å². The minimum absolute atomic E-state index is 0.365. The van der Waals surface area contributed by atoms with Gasteiger partial charge in [-0.1, -0.05) is 13.8 Å². The normalized spacial score (nSPS) is 29.3. The molecule has 0 radical (unpaired) electrons. The maximum Gasteiger partial charge on any atom is 0.224 e. The lowest BCUT2D eigenvalue weighted by atomic mass is 9.89. The van der Waals surface area contributed by atoms with Gasteiger partial charge in [0.15, 0.2) is 0 Å². The van der Waals surface area contributed by atoms with Crippen molar-refractivity contribution in [2.24, 2.45) is 11.8 Å². The zero-order valence-electron chi connectivity index (χ0n) is 12.4. The number of carbonyl (C=O) groups excluding carboxylic acids is 1. The summed E-state index contributed by atoms with van der Waals surface area (Å²) >= 11 is 1.97. The summed E-state index contributed by atoms with van der Waals surface area (Å²) in [6.07, 6.45) is 4.36. The second kappa shape index (κ2) is 7.53. The molecule has 0 aromatic heterocycles. The van der Waals surface area contributed by atoms with Gasteiger partial charge in [-0.25, -0.2) is 0 Å². The summed E-state index contributed by atoms with van der Waals surface area (Å²) in [5.41, 5.74) is 0. The molecule has 2 atom stereocenters. The highest BCUT2D eigenvalue weighted by molar-refractivity contribution is 7.99. The summed E-state index contributed by atoms with van der Waals surface area (Å²) in [4.78, 5) is 14.5. The third-order valence-corrected chi connectivity index (χ3v) is 5.62. The lowest BCUT2D eigenvalue weighted by Gasteiger charge is -2.27. The van der Waals surface area contributed by atoms with E-state index in [0.717, 1.165) is 37.2 Å². The van der Waals surface area contributed by atoms with E-state index in [-0.39, 0.29) is 0 Å². The summed E-state index contributed by atoms with van der Waals surface area (Å²) in [6, 6.07) is 0.399. The van der Waals surface area contributed by atoms with Crippen LogP contribution in [-0.4, -0.2) is 48.0 Å². The van der Waals surface area contributed by atoms with Crippen LogP contribution in [0.15, 0.2) is 0 Å². The highest BCUT2D eigenvalue weighted by atomic mass is 32.2. The van der Waals surface area contributed by atoms with Gasteiger partial charge in [-0.05, 0) is 31.1 Å². The van der Waals surface area contributed by atoms with Gasteiger partial charge in [0.05, 0.1) is 0 Å². The minimum atomic E-state index is 0.365. The molecule has 19 heavy (non-hydrogen) atoms. The molecule has 4 heteroatoms. The van der Waals surface area contributed by atoms with E-state index in [1.54, 1.807) is 0 Å². The lowest BCUT2D eigenvalue weighted by Crippen LogP contribution is -2.43. The summed E-state index contributed by atoms with van der Waals surface area (Å²) in [6.45, 7) is 7.62. The average Bonchev–Trinajstić information content (AvgIpc) is 2.65. The molecule has 1 amide bonds. The number of hydrogen-bond acceptors (Lipinski definition) is 3. The molecule has 2 aliphatic heterocycles. The topological polar surface area (TPSA) is 32.3 Å². The predicted octanol–water partition coefficient (Wildman–Crippen LogP) is 2.37. The Morgan fingerprint density at radius 3 is 2.89 bits per heavy atom. The molecule has 0 aromatic rings. The van der Waals surface area contributed by atoms with Crippen molar-refractivity contribution in [2.45, 2.75) is 45.6 Å². The summed E-state index contributed by atoms with van der Waals surface area (Å²) in [5, 5.41) is 3.46. The summed E-state index contributed by atoms with van der Waals surface area (Å²) in [5.74, 6) is 4.20. The highest BCUT2D eigenvalue weighted by Gasteiger charge is 2.24. The molecular weight excluding hydrogens is 256 g/mol. The number of likely N-dealkylation sites (tertiary alicyclic amines) is 1. The van der Waals surface area contributed by atoms with E-state index in [0.29, 0.717) is 18.4 Å². The first-order valence-corrected chi connectivity index (χ1v) is 8.91. The fourth-order valence-corrected chi connectivity index (χ4v) is 4.08. The van der Waals surface area contributed by atoms with Crippen molar-refractivity contribution in [3.05, 3.63) is 0 Å². The first-order valence-electron chi connectivity index (χ1n) is 7.75. The number of carbonyl (C=O) groups is 1. The van der Waals surface area contributed by atoms with E-state index in [9.17, 15) is 4.79 Å². The Hall–Kier alpha value is -0.220. The molecule has 2 heterocycles. The van der Waals surface area contributed by atoms with Gasteiger partial charge in [-0.15, -0.1) is 0 Å². The molecule has 0 saturated carbocycles. The molecule has 2 aliphatic rings. The van der Waals surface area contributed by atoms with Gasteiger partial charge in [-0.3, -0.25) is 4.79 Å². The zero-order chi connectivity index (χ0) is 13.7. The van der Waals surface area contributed by atoms with E-state index >= 15 is 0 Å². The fraction of sp³-hybridized carbons (Fsp3) is 0.933. The smallest absolute Gasteiger partial charge is 0.224 e. The van der Waals surface area contributed by atoms with Crippen LogP contribution < -0.4 is 5.32 Å². The van der Waals surface area contributed by atoms with E-state index in [4.69, 9.17) is 0 Å². The van der Waals surface area contributed by atoms with E-state index in [2.05, 4.69) is 24.1 Å². The Bertz CT molecular complexity index is 290. The number of thioether (sulfide) groups is 1. The maximum absolute atomic E-state index is 12.4. The molecule has 110 valence electrons. The van der Waals surface area contributed by atoms with E-state index < -0.39 is 0 Å². The number of rotatable bonds is 3. The van der Waals surface area contributed by atoms with Crippen LogP contribution in [-0.2, 0) is 4.79 Å². The Morgan fingerprint density at radius 1 is 1.37 bits per heavy atom. The van der Waals surface area contributed by atoms with E-state index in [1.165, 1.54) is 25.0 Å². The lowest BCUT2D eigenvalue weighted by molar-refractivity contribution is -0.131. The minimum Gasteiger partial charge on any atom is -0.343 e. The van der Waals surface area contributed by atoms with Crippen molar-refractivity contribution >= 4 is 17.7 Å². The number of nitrogens with one attached hydrogen (secondary N) is 1. The molecule has 2 rings (SSSR count). The van der Waals surface area contributed by atoms with Crippen molar-refractivity contribution in [2.75, 3.05) is 31.1 Å². The van der Waals surface area contributed by atoms with Crippen LogP contribution in [0, 0.1) is 11.8 Å². The van der Waals surface area contributed by atoms with Gasteiger partial charge in [-0.2, -0.15) is 11.8 Å². The van der Waals surface area contributed by atoms with Crippen molar-refractivity contribution in [3.8, 4) is 0 Å². The Labute approximate surface area is 121 Å². The van der Waals surface area contributed by atoms with E-state index in [1.807, 2.05) is 11.8 Å². The van der Waals surface area contributed by atoms with Crippen LogP contribution in [0.5, 0.6) is 0 Å². The Morgan fingerprint density at radius 2 is 2.21 bits per heavy atom. The maximum atomic E-state index is 12.4. The fourth-order valence-electron chi connectivity index (χ4n) is 3.13. The first-order chi connectivity index (χ1) is 9.16. The van der Waals surface area contributed by atoms with Crippen molar-refractivity contribution in [1.29, 1.82) is 0 Å². The zero-order valence-corrected chi connectivity index (χ0v) is 13.2. The quantitative estimate of drug-likeness (QED) is 0.863. The number of hydrogen-bond donors (Lipinski definition) is 1. The summed E-state index contributed by atoms with van der Waals surface area (Å²) < 4.78 is 0. The second-order valence-corrected chi connectivity index (χ2v) is 7.40. The van der Waals surface area contributed by atoms with Crippen molar-refractivity contribution < 1.29 is 4.79 Å². The molecule has 3 nitrogen and oxygen atoms in total. The third-order valence-electron chi connectivity index (χ3n) is 4.49. The van der Waals surface area contributed by atoms with Crippen LogP contribution in [0.1, 0.15) is 39.5 Å². The number of nitrogens with zero attached hydrogens (tertiary/aromatic N) is 1. The largest absolute Gasteiger partial charge is 0.343 e. The molecule has 2 fully saturated rings. The van der Waals surface area contributed by atoms with Crippen LogP contribution in [0.4, 0.5) is 0 Å². The standard InChI is InChI=1S/C15H28N2OS/c1-12(2)13-4-3-7-17(8-5-13)15(18)10-14-11-19-9-6-16-14/h12-14,16H,3-11H2,1-2H3. The highest BCUT2D eigenvalue weighted by Crippen LogP contribution is 2.25. The van der Waals surface area contributed by atoms with Crippen molar-refractivity contribution in [3.63, 3.8) is 0 Å². The van der Waals surface area contributed by atoms with Gasteiger partial charge in [0.25, 0.3) is 0 Å². The molecule has 0 bridgehead atoms. The Balaban J connectivity index is 1.78. The first kappa shape index (κ1) is 15.2. The monoisotopic (exact) mass is 284 g/mol. The molecule has 2 saturated heterocycles. The third kappa shape index (κ3) is 4.67. The van der Waals surface area contributed by atoms with Crippen LogP contribution >= 0.6 is 11.8 Å². The average molecular weight is 284 g/mol. The molecular formula is C15H28N2OS. The van der Waals surface area contributed by atoms with Crippen LogP contribution in [0.3, 0.4) is 0 Å². The second-order valence-electron chi connectivity index (χ2n) is 6.25. The predicted molar refractivity (Wildman–Crippen MR) is 82.5 cm³/mol. The van der Waals surface area contributed by atoms with Gasteiger partial charge >= 0.3 is 0 Å². The molecule has 0 spiro atoms. The van der Waals surface area contributed by atoms with Crippen LogP contribution in [0.25, 0.3) is 0 Å². The van der Waals surface area contributed by atoms with Gasteiger partial charge in [0.1, 0.15) is 0 Å². The van der Waals surface area contributed by atoms with Gasteiger partial charge in [0.2, 0.25) is 5.91 Å². The SMILES string of the molecule is CC(C)C1CCCN(C(=O)CC2CSCCN2)CC1. The van der Waals surface area contributed by atoms with Crippen LogP contribution in [0.2, 0.25) is 0 Å². The van der Waals surface area contributed by atoms with Gasteiger partial charge in [0, 0.05) is 43.6 Å². The molecule has 2 unspecified atom stereocenters.